The number of hydrogen-bond acceptors (Lipinski definition) is 6. The summed E-state index contributed by atoms with van der Waals surface area (Å²) in [6.07, 6.45) is 5.50. The number of rotatable bonds is 7. The van der Waals surface area contributed by atoms with Crippen LogP contribution in [0.2, 0.25) is 5.02 Å². The van der Waals surface area contributed by atoms with Gasteiger partial charge in [-0.3, -0.25) is 9.25 Å². The standard InChI is InChI=1S/C27H25ClF2N8O/c1-16-12-31-23(33-24-8-9-32-36(24)2)11-19(16)17-10-22-25-34-35-26(27(29,30)20-6-4-5-7-21(20)28)38(25)18(15-39-3)14-37(22)13-17/h4-13,18H,14-15H2,1-3H3,(H,31,33)/t18-/m1/s1. The van der Waals surface area contributed by atoms with Gasteiger partial charge in [0.2, 0.25) is 5.82 Å². The first kappa shape index (κ1) is 25.2. The highest BCUT2D eigenvalue weighted by Gasteiger charge is 2.44. The molecule has 1 N–H and O–H groups in total. The molecule has 0 spiro atoms. The molecule has 9 nitrogen and oxygen atoms in total. The lowest BCUT2D eigenvalue weighted by Gasteiger charge is -2.29. The molecule has 5 heterocycles. The van der Waals surface area contributed by atoms with E-state index in [1.165, 1.54) is 22.8 Å². The van der Waals surface area contributed by atoms with Crippen molar-refractivity contribution in [3.05, 3.63) is 83.0 Å². The number of hydrogen-bond donors (Lipinski definition) is 1. The molecule has 0 fully saturated rings. The van der Waals surface area contributed by atoms with Crippen molar-refractivity contribution in [2.24, 2.45) is 7.05 Å². The second-order valence-electron chi connectivity index (χ2n) is 9.50. The van der Waals surface area contributed by atoms with Crippen LogP contribution in [0.15, 0.2) is 61.1 Å². The Morgan fingerprint density at radius 1 is 1.18 bits per heavy atom. The first-order chi connectivity index (χ1) is 18.8. The second kappa shape index (κ2) is 9.58. The maximum absolute atomic E-state index is 15.8. The van der Waals surface area contributed by atoms with E-state index in [0.717, 1.165) is 22.5 Å². The van der Waals surface area contributed by atoms with Crippen LogP contribution < -0.4 is 5.32 Å². The highest BCUT2D eigenvalue weighted by atomic mass is 35.5. The molecular formula is C27H25ClF2N8O. The summed E-state index contributed by atoms with van der Waals surface area (Å²) >= 11 is 6.16. The zero-order valence-electron chi connectivity index (χ0n) is 21.4. The third-order valence-electron chi connectivity index (χ3n) is 6.94. The van der Waals surface area contributed by atoms with Gasteiger partial charge in [-0.2, -0.15) is 13.9 Å². The Labute approximate surface area is 228 Å². The minimum absolute atomic E-state index is 0.0340. The van der Waals surface area contributed by atoms with Gasteiger partial charge in [-0.1, -0.05) is 29.8 Å². The summed E-state index contributed by atoms with van der Waals surface area (Å²) < 4.78 is 42.3. The average Bonchev–Trinajstić information content (AvgIpc) is 3.64. The molecule has 39 heavy (non-hydrogen) atoms. The number of aryl methyl sites for hydroxylation is 2. The fourth-order valence-electron chi connectivity index (χ4n) is 5.02. The molecule has 6 rings (SSSR count). The zero-order chi connectivity index (χ0) is 27.3. The first-order valence-electron chi connectivity index (χ1n) is 12.3. The maximum Gasteiger partial charge on any atom is 0.333 e. The number of aromatic nitrogens is 7. The van der Waals surface area contributed by atoms with Crippen molar-refractivity contribution in [1.82, 2.24) is 34.1 Å². The summed E-state index contributed by atoms with van der Waals surface area (Å²) in [7, 11) is 3.39. The minimum atomic E-state index is -3.46. The van der Waals surface area contributed by atoms with Gasteiger partial charge in [0.1, 0.15) is 11.6 Å². The van der Waals surface area contributed by atoms with Crippen molar-refractivity contribution in [3.8, 4) is 22.6 Å². The summed E-state index contributed by atoms with van der Waals surface area (Å²) in [5.74, 6) is -2.12. The molecule has 200 valence electrons. The molecule has 5 aromatic rings. The highest BCUT2D eigenvalue weighted by molar-refractivity contribution is 6.31. The molecule has 1 aliphatic heterocycles. The zero-order valence-corrected chi connectivity index (χ0v) is 22.2. The summed E-state index contributed by atoms with van der Waals surface area (Å²) in [6, 6.07) is 11.2. The van der Waals surface area contributed by atoms with Crippen molar-refractivity contribution in [1.29, 1.82) is 0 Å². The number of nitrogens with one attached hydrogen (secondary N) is 1. The van der Waals surface area contributed by atoms with Gasteiger partial charge in [0, 0.05) is 50.3 Å². The summed E-state index contributed by atoms with van der Waals surface area (Å²) in [4.78, 5) is 4.50. The SMILES string of the molecule is COC[C@H]1Cn2cc(-c3cc(Nc4ccnn4C)ncc3C)cc2-c2nnc(C(F)(F)c3ccccc3Cl)n21. The van der Waals surface area contributed by atoms with Gasteiger partial charge in [0.25, 0.3) is 0 Å². The van der Waals surface area contributed by atoms with E-state index in [-0.39, 0.29) is 17.2 Å². The topological polar surface area (TPSA) is 87.6 Å². The van der Waals surface area contributed by atoms with E-state index in [1.54, 1.807) is 30.3 Å². The van der Waals surface area contributed by atoms with Crippen LogP contribution in [0.25, 0.3) is 22.6 Å². The molecule has 1 atom stereocenters. The average molecular weight is 551 g/mol. The fraction of sp³-hybridized carbons (Fsp3) is 0.259. The van der Waals surface area contributed by atoms with Crippen molar-refractivity contribution >= 4 is 23.2 Å². The van der Waals surface area contributed by atoms with E-state index in [1.807, 2.05) is 42.9 Å². The number of ether oxygens (including phenoxy) is 1. The van der Waals surface area contributed by atoms with Crippen LogP contribution in [0.4, 0.5) is 20.4 Å². The number of halogens is 3. The van der Waals surface area contributed by atoms with Crippen LogP contribution in [0.1, 0.15) is 23.0 Å². The number of alkyl halides is 2. The Balaban J connectivity index is 1.43. The van der Waals surface area contributed by atoms with Crippen molar-refractivity contribution in [2.45, 2.75) is 25.4 Å². The molecule has 0 radical (unpaired) electrons. The Morgan fingerprint density at radius 3 is 2.74 bits per heavy atom. The van der Waals surface area contributed by atoms with E-state index in [0.29, 0.717) is 23.9 Å². The lowest BCUT2D eigenvalue weighted by atomic mass is 10.0. The molecule has 0 unspecified atom stereocenters. The molecular weight excluding hydrogens is 526 g/mol. The summed E-state index contributed by atoms with van der Waals surface area (Å²) in [5, 5.41) is 15.6. The van der Waals surface area contributed by atoms with E-state index in [2.05, 4.69) is 25.6 Å². The van der Waals surface area contributed by atoms with E-state index < -0.39 is 17.8 Å². The van der Waals surface area contributed by atoms with Crippen molar-refractivity contribution in [3.63, 3.8) is 0 Å². The third kappa shape index (κ3) is 4.27. The van der Waals surface area contributed by atoms with Crippen LogP contribution in [0, 0.1) is 6.92 Å². The summed E-state index contributed by atoms with van der Waals surface area (Å²) in [6.45, 7) is 2.59. The van der Waals surface area contributed by atoms with Gasteiger partial charge in [0.15, 0.2) is 5.82 Å². The van der Waals surface area contributed by atoms with Gasteiger partial charge in [-0.25, -0.2) is 4.98 Å². The number of fused-ring (bicyclic) bond motifs is 3. The lowest BCUT2D eigenvalue weighted by molar-refractivity contribution is 0.0235. The third-order valence-corrected chi connectivity index (χ3v) is 7.27. The van der Waals surface area contributed by atoms with E-state index >= 15 is 8.78 Å². The molecule has 0 amide bonds. The van der Waals surface area contributed by atoms with Gasteiger partial charge < -0.3 is 14.6 Å². The monoisotopic (exact) mass is 550 g/mol. The largest absolute Gasteiger partial charge is 0.382 e. The molecule has 0 saturated heterocycles. The predicted octanol–water partition coefficient (Wildman–Crippen LogP) is 5.59. The molecule has 1 aliphatic rings. The number of anilines is 2. The van der Waals surface area contributed by atoms with Gasteiger partial charge in [0.05, 0.1) is 29.6 Å². The van der Waals surface area contributed by atoms with Crippen LogP contribution >= 0.6 is 11.6 Å². The molecule has 0 bridgehead atoms. The highest BCUT2D eigenvalue weighted by Crippen LogP contribution is 2.43. The van der Waals surface area contributed by atoms with Crippen LogP contribution in [-0.2, 0) is 24.3 Å². The molecule has 0 aliphatic carbocycles. The molecule has 1 aromatic carbocycles. The fourth-order valence-corrected chi connectivity index (χ4v) is 5.27. The number of pyridine rings is 1. The van der Waals surface area contributed by atoms with Crippen molar-refractivity contribution < 1.29 is 13.5 Å². The van der Waals surface area contributed by atoms with E-state index in [4.69, 9.17) is 16.3 Å². The normalized spacial score (nSPS) is 14.8. The predicted molar refractivity (Wildman–Crippen MR) is 143 cm³/mol. The first-order valence-corrected chi connectivity index (χ1v) is 12.7. The quantitative estimate of drug-likeness (QED) is 0.284. The Hall–Kier alpha value is -4.09. The van der Waals surface area contributed by atoms with Gasteiger partial charge in [-0.15, -0.1) is 10.2 Å². The number of methoxy groups -OCH3 is 1. The number of nitrogens with zero attached hydrogens (tertiary/aromatic N) is 7. The maximum atomic E-state index is 15.8. The molecule has 12 heteroatoms. The van der Waals surface area contributed by atoms with Gasteiger partial charge >= 0.3 is 5.92 Å². The summed E-state index contributed by atoms with van der Waals surface area (Å²) in [5.41, 5.74) is 3.19. The smallest absolute Gasteiger partial charge is 0.333 e. The van der Waals surface area contributed by atoms with E-state index in [9.17, 15) is 0 Å². The Bertz CT molecular complexity index is 1670. The minimum Gasteiger partial charge on any atom is -0.382 e. The van der Waals surface area contributed by atoms with Crippen LogP contribution in [-0.4, -0.2) is 47.8 Å². The Kier molecular flexibility index (Phi) is 6.19. The number of benzene rings is 1. The van der Waals surface area contributed by atoms with Gasteiger partial charge in [-0.05, 0) is 36.2 Å². The Morgan fingerprint density at radius 2 is 2.00 bits per heavy atom. The lowest BCUT2D eigenvalue weighted by Crippen LogP contribution is -2.31. The van der Waals surface area contributed by atoms with Crippen LogP contribution in [0.3, 0.4) is 0 Å². The van der Waals surface area contributed by atoms with Crippen LogP contribution in [0.5, 0.6) is 0 Å². The van der Waals surface area contributed by atoms with Crippen molar-refractivity contribution in [2.75, 3.05) is 19.0 Å². The molecule has 4 aromatic heterocycles. The molecule has 0 saturated carbocycles. The second-order valence-corrected chi connectivity index (χ2v) is 9.90.